The van der Waals surface area contributed by atoms with Crippen LogP contribution in [0.15, 0.2) is 36.5 Å². The molecule has 110 valence electrons. The zero-order chi connectivity index (χ0) is 15.6. The van der Waals surface area contributed by atoms with Crippen LogP contribution in [-0.4, -0.2) is 25.6 Å². The third-order valence-corrected chi connectivity index (χ3v) is 3.38. The largest absolute Gasteiger partial charge is 0.268 e. The molecule has 1 heterocycles. The van der Waals surface area contributed by atoms with Crippen LogP contribution in [0.25, 0.3) is 11.1 Å². The maximum Gasteiger partial charge on any atom is 0.264 e. The molecular weight excluding hydrogens is 319 g/mol. The molecule has 0 spiro atoms. The summed E-state index contributed by atoms with van der Waals surface area (Å²) in [5.74, 6) is -1.48. The predicted octanol–water partition coefficient (Wildman–Crippen LogP) is 2.23. The van der Waals surface area contributed by atoms with Crippen molar-refractivity contribution in [2.24, 2.45) is 0 Å². The maximum atomic E-state index is 13.0. The Morgan fingerprint density at radius 3 is 2.38 bits per heavy atom. The molecule has 0 fully saturated rings. The molecule has 0 aliphatic carbocycles. The summed E-state index contributed by atoms with van der Waals surface area (Å²) in [7, 11) is -3.61. The number of nitrogens with zero attached hydrogens (tertiary/aromatic N) is 1. The van der Waals surface area contributed by atoms with E-state index in [0.717, 1.165) is 6.26 Å². The molecular formula is C13H10ClFN2O3S. The fourth-order valence-electron chi connectivity index (χ4n) is 1.62. The number of rotatable bonds is 3. The first kappa shape index (κ1) is 15.4. The van der Waals surface area contributed by atoms with Crippen molar-refractivity contribution in [3.63, 3.8) is 0 Å². The normalized spacial score (nSPS) is 11.2. The third-order valence-electron chi connectivity index (χ3n) is 2.55. The SMILES string of the molecule is CS(=O)(=O)NC(=O)c1ccc(-c2cnc(F)c(Cl)c2)cc1. The number of nitrogens with one attached hydrogen (secondary N) is 1. The van der Waals surface area contributed by atoms with Gasteiger partial charge in [-0.05, 0) is 23.8 Å². The molecule has 0 bridgehead atoms. The Balaban J connectivity index is 2.26. The topological polar surface area (TPSA) is 76.1 Å². The fraction of sp³-hybridized carbons (Fsp3) is 0.0769. The van der Waals surface area contributed by atoms with E-state index in [9.17, 15) is 17.6 Å². The summed E-state index contributed by atoms with van der Waals surface area (Å²) in [4.78, 5) is 15.1. The monoisotopic (exact) mass is 328 g/mol. The van der Waals surface area contributed by atoms with E-state index in [2.05, 4.69) is 4.98 Å². The molecule has 1 aromatic heterocycles. The van der Waals surface area contributed by atoms with Crippen molar-refractivity contribution in [1.82, 2.24) is 9.71 Å². The van der Waals surface area contributed by atoms with Crippen molar-refractivity contribution in [3.05, 3.63) is 53.1 Å². The third kappa shape index (κ3) is 3.99. The number of amides is 1. The highest BCUT2D eigenvalue weighted by molar-refractivity contribution is 7.89. The Morgan fingerprint density at radius 2 is 1.86 bits per heavy atom. The van der Waals surface area contributed by atoms with Crippen molar-refractivity contribution >= 4 is 27.5 Å². The van der Waals surface area contributed by atoms with Gasteiger partial charge in [-0.15, -0.1) is 0 Å². The molecule has 1 N–H and O–H groups in total. The van der Waals surface area contributed by atoms with Crippen molar-refractivity contribution in [2.75, 3.05) is 6.26 Å². The lowest BCUT2D eigenvalue weighted by Gasteiger charge is -2.05. The van der Waals surface area contributed by atoms with Gasteiger partial charge in [-0.3, -0.25) is 4.79 Å². The summed E-state index contributed by atoms with van der Waals surface area (Å²) < 4.78 is 36.8. The maximum absolute atomic E-state index is 13.0. The van der Waals surface area contributed by atoms with Crippen LogP contribution in [0.5, 0.6) is 0 Å². The Bertz CT molecular complexity index is 792. The number of pyridine rings is 1. The molecule has 0 radical (unpaired) electrons. The van der Waals surface area contributed by atoms with Gasteiger partial charge in [0.2, 0.25) is 16.0 Å². The summed E-state index contributed by atoms with van der Waals surface area (Å²) in [5.41, 5.74) is 1.43. The average Bonchev–Trinajstić information content (AvgIpc) is 2.40. The second-order valence-corrected chi connectivity index (χ2v) is 6.43. The van der Waals surface area contributed by atoms with Crippen molar-refractivity contribution in [2.45, 2.75) is 0 Å². The lowest BCUT2D eigenvalue weighted by Crippen LogP contribution is -2.29. The molecule has 0 aliphatic heterocycles. The van der Waals surface area contributed by atoms with Gasteiger partial charge >= 0.3 is 0 Å². The van der Waals surface area contributed by atoms with Crippen LogP contribution in [0.2, 0.25) is 5.02 Å². The molecule has 2 aromatic rings. The number of sulfonamides is 1. The van der Waals surface area contributed by atoms with Crippen molar-refractivity contribution in [3.8, 4) is 11.1 Å². The van der Waals surface area contributed by atoms with Crippen LogP contribution >= 0.6 is 11.6 Å². The van der Waals surface area contributed by atoms with E-state index in [-0.39, 0.29) is 10.6 Å². The molecule has 0 unspecified atom stereocenters. The number of hydrogen-bond donors (Lipinski definition) is 1. The molecule has 21 heavy (non-hydrogen) atoms. The number of carbonyl (C=O) groups is 1. The molecule has 0 saturated carbocycles. The number of hydrogen-bond acceptors (Lipinski definition) is 4. The van der Waals surface area contributed by atoms with E-state index >= 15 is 0 Å². The van der Waals surface area contributed by atoms with Crippen LogP contribution in [0.1, 0.15) is 10.4 Å². The molecule has 0 saturated heterocycles. The summed E-state index contributed by atoms with van der Waals surface area (Å²) in [6, 6.07) is 7.49. The quantitative estimate of drug-likeness (QED) is 0.877. The van der Waals surface area contributed by atoms with Crippen LogP contribution in [0.4, 0.5) is 4.39 Å². The molecule has 1 amide bonds. The zero-order valence-corrected chi connectivity index (χ0v) is 12.4. The lowest BCUT2D eigenvalue weighted by molar-refractivity contribution is 0.0981. The minimum Gasteiger partial charge on any atom is -0.268 e. The molecule has 2 rings (SSSR count). The zero-order valence-electron chi connectivity index (χ0n) is 10.8. The minimum atomic E-state index is -3.61. The minimum absolute atomic E-state index is 0.105. The molecule has 0 atom stereocenters. The van der Waals surface area contributed by atoms with Gasteiger partial charge in [-0.2, -0.15) is 4.39 Å². The first-order chi connectivity index (χ1) is 9.76. The average molecular weight is 329 g/mol. The van der Waals surface area contributed by atoms with Gasteiger partial charge in [-0.1, -0.05) is 23.7 Å². The van der Waals surface area contributed by atoms with Crippen LogP contribution in [0.3, 0.4) is 0 Å². The number of aromatic nitrogens is 1. The number of halogens is 2. The summed E-state index contributed by atoms with van der Waals surface area (Å²) in [5, 5.41) is -0.105. The second-order valence-electron chi connectivity index (χ2n) is 4.28. The predicted molar refractivity (Wildman–Crippen MR) is 77.0 cm³/mol. The first-order valence-electron chi connectivity index (χ1n) is 5.70. The standard InChI is InChI=1S/C13H10ClFN2O3S/c1-21(19,20)17-13(18)9-4-2-8(3-5-9)10-6-11(14)12(15)16-7-10/h2-7H,1H3,(H,17,18). The molecule has 8 heteroatoms. The molecule has 1 aromatic carbocycles. The highest BCUT2D eigenvalue weighted by Gasteiger charge is 2.11. The van der Waals surface area contributed by atoms with E-state index in [4.69, 9.17) is 11.6 Å². The van der Waals surface area contributed by atoms with Gasteiger partial charge in [-0.25, -0.2) is 18.1 Å². The smallest absolute Gasteiger partial charge is 0.264 e. The first-order valence-corrected chi connectivity index (χ1v) is 7.97. The van der Waals surface area contributed by atoms with Crippen LogP contribution in [0, 0.1) is 5.95 Å². The van der Waals surface area contributed by atoms with Crippen LogP contribution in [-0.2, 0) is 10.0 Å². The van der Waals surface area contributed by atoms with E-state index in [0.29, 0.717) is 11.1 Å². The Hall–Kier alpha value is -1.99. The number of benzene rings is 1. The van der Waals surface area contributed by atoms with Gasteiger partial charge in [0.05, 0.1) is 11.3 Å². The second kappa shape index (κ2) is 5.79. The number of carbonyl (C=O) groups excluding carboxylic acids is 1. The van der Waals surface area contributed by atoms with Crippen molar-refractivity contribution in [1.29, 1.82) is 0 Å². The van der Waals surface area contributed by atoms with E-state index in [1.54, 1.807) is 12.1 Å². The lowest BCUT2D eigenvalue weighted by atomic mass is 10.1. The van der Waals surface area contributed by atoms with Crippen LogP contribution < -0.4 is 4.72 Å². The Labute approximate surface area is 125 Å². The Kier molecular flexibility index (Phi) is 4.24. The summed E-state index contributed by atoms with van der Waals surface area (Å²) in [6.45, 7) is 0. The highest BCUT2D eigenvalue weighted by atomic mass is 35.5. The van der Waals surface area contributed by atoms with Gasteiger partial charge in [0.25, 0.3) is 5.91 Å². The van der Waals surface area contributed by atoms with Gasteiger partial charge in [0.15, 0.2) is 0 Å². The molecule has 0 aliphatic rings. The summed E-state index contributed by atoms with van der Waals surface area (Å²) >= 11 is 5.65. The van der Waals surface area contributed by atoms with Gasteiger partial charge < -0.3 is 0 Å². The highest BCUT2D eigenvalue weighted by Crippen LogP contribution is 2.23. The van der Waals surface area contributed by atoms with E-state index in [1.165, 1.54) is 24.4 Å². The van der Waals surface area contributed by atoms with E-state index < -0.39 is 21.9 Å². The fourth-order valence-corrected chi connectivity index (χ4v) is 2.24. The molecule has 5 nitrogen and oxygen atoms in total. The summed E-state index contributed by atoms with van der Waals surface area (Å²) in [6.07, 6.45) is 2.21. The van der Waals surface area contributed by atoms with Gasteiger partial charge in [0.1, 0.15) is 0 Å². The Morgan fingerprint density at radius 1 is 1.24 bits per heavy atom. The van der Waals surface area contributed by atoms with Crippen molar-refractivity contribution < 1.29 is 17.6 Å². The van der Waals surface area contributed by atoms with E-state index in [1.807, 2.05) is 4.72 Å². The van der Waals surface area contributed by atoms with Gasteiger partial charge in [0, 0.05) is 17.3 Å².